The van der Waals surface area contributed by atoms with Gasteiger partial charge in [0.1, 0.15) is 0 Å². The van der Waals surface area contributed by atoms with Crippen LogP contribution in [-0.2, 0) is 4.79 Å². The van der Waals surface area contributed by atoms with Crippen LogP contribution in [0.1, 0.15) is 45.4 Å². The first-order chi connectivity index (χ1) is 8.81. The van der Waals surface area contributed by atoms with Gasteiger partial charge in [0.25, 0.3) is 0 Å². The lowest BCUT2D eigenvalue weighted by Crippen LogP contribution is -2.51. The van der Waals surface area contributed by atoms with Crippen LogP contribution in [0.25, 0.3) is 0 Å². The third-order valence-corrected chi connectivity index (χ3v) is 4.15. The minimum Gasteiger partial charge on any atom is -0.356 e. The van der Waals surface area contributed by atoms with Crippen LogP contribution in [0.2, 0.25) is 0 Å². The molecule has 2 aliphatic heterocycles. The lowest BCUT2D eigenvalue weighted by atomic mass is 9.99. The van der Waals surface area contributed by atoms with Crippen molar-refractivity contribution in [1.82, 2.24) is 15.5 Å². The Hall–Kier alpha value is -0.610. The van der Waals surface area contributed by atoms with Gasteiger partial charge in [-0.25, -0.2) is 0 Å². The van der Waals surface area contributed by atoms with Crippen LogP contribution in [-0.4, -0.2) is 49.1 Å². The topological polar surface area (TPSA) is 44.4 Å². The lowest BCUT2D eigenvalue weighted by Gasteiger charge is -2.39. The molecule has 0 aromatic rings. The van der Waals surface area contributed by atoms with Crippen LogP contribution >= 0.6 is 0 Å². The molecule has 2 unspecified atom stereocenters. The summed E-state index contributed by atoms with van der Waals surface area (Å²) in [4.78, 5) is 14.3. The Labute approximate surface area is 110 Å². The average molecular weight is 253 g/mol. The number of piperidine rings is 1. The molecule has 18 heavy (non-hydrogen) atoms. The second-order valence-corrected chi connectivity index (χ2v) is 5.59. The Kier molecular flexibility index (Phi) is 5.45. The van der Waals surface area contributed by atoms with Crippen molar-refractivity contribution < 1.29 is 4.79 Å². The zero-order valence-corrected chi connectivity index (χ0v) is 11.6. The SMILES string of the molecule is CCCN(C1CCCNC1)C1CCCNC(=O)C1. The molecule has 2 aliphatic rings. The molecule has 0 spiro atoms. The van der Waals surface area contributed by atoms with Crippen molar-refractivity contribution in [2.75, 3.05) is 26.2 Å². The predicted molar refractivity (Wildman–Crippen MR) is 73.5 cm³/mol. The summed E-state index contributed by atoms with van der Waals surface area (Å²) < 4.78 is 0. The molecule has 2 N–H and O–H groups in total. The first-order valence-corrected chi connectivity index (χ1v) is 7.54. The number of nitrogens with zero attached hydrogens (tertiary/aromatic N) is 1. The number of nitrogens with one attached hydrogen (secondary N) is 2. The number of hydrogen-bond acceptors (Lipinski definition) is 3. The first kappa shape index (κ1) is 13.8. The minimum absolute atomic E-state index is 0.238. The van der Waals surface area contributed by atoms with Crippen LogP contribution in [0.15, 0.2) is 0 Å². The molecular weight excluding hydrogens is 226 g/mol. The van der Waals surface area contributed by atoms with Crippen molar-refractivity contribution in [3.63, 3.8) is 0 Å². The van der Waals surface area contributed by atoms with Crippen molar-refractivity contribution in [2.45, 2.75) is 57.5 Å². The van der Waals surface area contributed by atoms with Gasteiger partial charge in [0.15, 0.2) is 0 Å². The molecule has 1 amide bonds. The molecule has 4 nitrogen and oxygen atoms in total. The largest absolute Gasteiger partial charge is 0.356 e. The van der Waals surface area contributed by atoms with Crippen LogP contribution in [0.4, 0.5) is 0 Å². The smallest absolute Gasteiger partial charge is 0.221 e. The van der Waals surface area contributed by atoms with Gasteiger partial charge in [-0.2, -0.15) is 0 Å². The maximum Gasteiger partial charge on any atom is 0.221 e. The van der Waals surface area contributed by atoms with Crippen LogP contribution in [0, 0.1) is 0 Å². The van der Waals surface area contributed by atoms with E-state index in [0.29, 0.717) is 18.5 Å². The predicted octanol–water partition coefficient (Wildman–Crippen LogP) is 1.12. The van der Waals surface area contributed by atoms with Crippen molar-refractivity contribution >= 4 is 5.91 Å². The van der Waals surface area contributed by atoms with Gasteiger partial charge in [-0.15, -0.1) is 0 Å². The fourth-order valence-corrected chi connectivity index (χ4v) is 3.27. The molecule has 0 aliphatic carbocycles. The highest BCUT2D eigenvalue weighted by Gasteiger charge is 2.29. The van der Waals surface area contributed by atoms with Gasteiger partial charge >= 0.3 is 0 Å². The zero-order chi connectivity index (χ0) is 12.8. The van der Waals surface area contributed by atoms with E-state index in [9.17, 15) is 4.79 Å². The highest BCUT2D eigenvalue weighted by molar-refractivity contribution is 5.76. The Bertz CT molecular complexity index is 264. The minimum atomic E-state index is 0.238. The third-order valence-electron chi connectivity index (χ3n) is 4.15. The van der Waals surface area contributed by atoms with Crippen LogP contribution in [0.3, 0.4) is 0 Å². The number of hydrogen-bond donors (Lipinski definition) is 2. The summed E-state index contributed by atoms with van der Waals surface area (Å²) in [5.74, 6) is 0.238. The summed E-state index contributed by atoms with van der Waals surface area (Å²) >= 11 is 0. The second-order valence-electron chi connectivity index (χ2n) is 5.59. The molecule has 2 atom stereocenters. The van der Waals surface area contributed by atoms with Gasteiger partial charge in [0.05, 0.1) is 0 Å². The summed E-state index contributed by atoms with van der Waals surface area (Å²) in [6.07, 6.45) is 6.70. The molecule has 104 valence electrons. The zero-order valence-electron chi connectivity index (χ0n) is 11.6. The van der Waals surface area contributed by atoms with Crippen LogP contribution < -0.4 is 10.6 Å². The Balaban J connectivity index is 1.99. The Morgan fingerprint density at radius 2 is 2.00 bits per heavy atom. The maximum absolute atomic E-state index is 11.7. The van der Waals surface area contributed by atoms with E-state index >= 15 is 0 Å². The van der Waals surface area contributed by atoms with Crippen molar-refractivity contribution in [3.05, 3.63) is 0 Å². The van der Waals surface area contributed by atoms with E-state index in [4.69, 9.17) is 0 Å². The molecule has 0 bridgehead atoms. The van der Waals surface area contributed by atoms with E-state index in [-0.39, 0.29) is 5.91 Å². The molecule has 0 saturated carbocycles. The highest BCUT2D eigenvalue weighted by atomic mass is 16.1. The second kappa shape index (κ2) is 7.10. The van der Waals surface area contributed by atoms with E-state index in [1.165, 1.54) is 19.3 Å². The van der Waals surface area contributed by atoms with Crippen LogP contribution in [0.5, 0.6) is 0 Å². The molecule has 2 heterocycles. The van der Waals surface area contributed by atoms with E-state index in [1.54, 1.807) is 0 Å². The van der Waals surface area contributed by atoms with Gasteiger partial charge in [0, 0.05) is 31.6 Å². The molecular formula is C14H27N3O. The van der Waals surface area contributed by atoms with E-state index < -0.39 is 0 Å². The Morgan fingerprint density at radius 3 is 2.72 bits per heavy atom. The molecule has 0 aromatic carbocycles. The monoisotopic (exact) mass is 253 g/mol. The third kappa shape index (κ3) is 3.69. The maximum atomic E-state index is 11.7. The van der Waals surface area contributed by atoms with E-state index in [1.807, 2.05) is 0 Å². The molecule has 2 fully saturated rings. The highest BCUT2D eigenvalue weighted by Crippen LogP contribution is 2.21. The molecule has 4 heteroatoms. The first-order valence-electron chi connectivity index (χ1n) is 7.54. The molecule has 2 rings (SSSR count). The molecule has 2 saturated heterocycles. The molecule has 0 aromatic heterocycles. The van der Waals surface area contributed by atoms with Gasteiger partial charge in [-0.3, -0.25) is 9.69 Å². The van der Waals surface area contributed by atoms with Gasteiger partial charge in [-0.05, 0) is 45.2 Å². The van der Waals surface area contributed by atoms with Gasteiger partial charge in [-0.1, -0.05) is 6.92 Å². The fourth-order valence-electron chi connectivity index (χ4n) is 3.27. The van der Waals surface area contributed by atoms with Crippen molar-refractivity contribution in [2.24, 2.45) is 0 Å². The average Bonchev–Trinajstić information content (AvgIpc) is 2.61. The lowest BCUT2D eigenvalue weighted by molar-refractivity contribution is -0.122. The normalized spacial score (nSPS) is 30.0. The number of carbonyl (C=O) groups excluding carboxylic acids is 1. The fraction of sp³-hybridized carbons (Fsp3) is 0.929. The van der Waals surface area contributed by atoms with E-state index in [0.717, 1.165) is 39.0 Å². The number of carbonyl (C=O) groups is 1. The summed E-state index contributed by atoms with van der Waals surface area (Å²) in [5.41, 5.74) is 0. The van der Waals surface area contributed by atoms with Gasteiger partial charge in [0.2, 0.25) is 5.91 Å². The van der Waals surface area contributed by atoms with E-state index in [2.05, 4.69) is 22.5 Å². The number of rotatable bonds is 4. The summed E-state index contributed by atoms with van der Waals surface area (Å²) in [7, 11) is 0. The summed E-state index contributed by atoms with van der Waals surface area (Å²) in [5, 5.41) is 6.49. The Morgan fingerprint density at radius 1 is 1.22 bits per heavy atom. The quantitative estimate of drug-likeness (QED) is 0.789. The molecule has 0 radical (unpaired) electrons. The summed E-state index contributed by atoms with van der Waals surface area (Å²) in [6.45, 7) is 6.47. The van der Waals surface area contributed by atoms with Gasteiger partial charge < -0.3 is 10.6 Å². The summed E-state index contributed by atoms with van der Waals surface area (Å²) in [6, 6.07) is 1.09. The van der Waals surface area contributed by atoms with Crippen molar-refractivity contribution in [3.8, 4) is 0 Å². The van der Waals surface area contributed by atoms with Crippen molar-refractivity contribution in [1.29, 1.82) is 0 Å². The number of amides is 1. The standard InChI is InChI=1S/C14H27N3O/c1-2-9-17(13-6-3-7-15-11-13)12-5-4-8-16-14(18)10-12/h12-13,15H,2-11H2,1H3,(H,16,18).